The predicted molar refractivity (Wildman–Crippen MR) is 125 cm³/mol. The van der Waals surface area contributed by atoms with Gasteiger partial charge < -0.3 is 19.9 Å². The summed E-state index contributed by atoms with van der Waals surface area (Å²) in [5.74, 6) is 0.509. The van der Waals surface area contributed by atoms with Crippen LogP contribution in [0.3, 0.4) is 0 Å². The Balaban J connectivity index is 1.41. The van der Waals surface area contributed by atoms with Gasteiger partial charge in [-0.3, -0.25) is 9.59 Å². The van der Waals surface area contributed by atoms with E-state index in [1.165, 1.54) is 11.3 Å². The first kappa shape index (κ1) is 21.2. The van der Waals surface area contributed by atoms with Gasteiger partial charge in [-0.25, -0.2) is 0 Å². The number of thiophene rings is 1. The third-order valence-corrected chi connectivity index (χ3v) is 6.41. The molecule has 0 atom stereocenters. The van der Waals surface area contributed by atoms with Crippen LogP contribution in [0.25, 0.3) is 0 Å². The van der Waals surface area contributed by atoms with E-state index in [1.54, 1.807) is 31.4 Å². The van der Waals surface area contributed by atoms with Crippen LogP contribution in [-0.2, 0) is 0 Å². The lowest BCUT2D eigenvalue weighted by atomic mass is 10.1. The van der Waals surface area contributed by atoms with Crippen molar-refractivity contribution in [3.63, 3.8) is 0 Å². The number of rotatable bonds is 5. The van der Waals surface area contributed by atoms with Gasteiger partial charge in [-0.1, -0.05) is 17.7 Å². The molecule has 0 spiro atoms. The number of benzene rings is 2. The molecule has 0 saturated carbocycles. The molecule has 0 radical (unpaired) electrons. The quantitative estimate of drug-likeness (QED) is 0.609. The van der Waals surface area contributed by atoms with Gasteiger partial charge in [0.25, 0.3) is 11.8 Å². The topological polar surface area (TPSA) is 61.9 Å². The lowest BCUT2D eigenvalue weighted by molar-refractivity contribution is 0.0746. The molecular weight excluding hydrogens is 434 g/mol. The van der Waals surface area contributed by atoms with E-state index in [4.69, 9.17) is 16.3 Å². The first-order chi connectivity index (χ1) is 15.0. The van der Waals surface area contributed by atoms with Crippen LogP contribution in [0.4, 0.5) is 11.4 Å². The Morgan fingerprint density at radius 1 is 1.03 bits per heavy atom. The Hall–Kier alpha value is -3.03. The van der Waals surface area contributed by atoms with Crippen LogP contribution in [0.15, 0.2) is 60.0 Å². The van der Waals surface area contributed by atoms with Crippen LogP contribution in [0.2, 0.25) is 5.02 Å². The van der Waals surface area contributed by atoms with E-state index >= 15 is 0 Å². The number of nitrogens with zero attached hydrogens (tertiary/aromatic N) is 2. The van der Waals surface area contributed by atoms with Gasteiger partial charge >= 0.3 is 0 Å². The maximum absolute atomic E-state index is 13.0. The minimum absolute atomic E-state index is 0.0716. The standard InChI is InChI=1S/C23H22ClN3O3S/c1-30-18-7-5-17(6-8-18)26-10-12-27(13-11-26)23(29)16-4-9-19(24)20(15-16)25-22(28)21-3-2-14-31-21/h2-9,14-15H,10-13H2,1H3,(H,25,28). The molecule has 0 aliphatic carbocycles. The summed E-state index contributed by atoms with van der Waals surface area (Å²) in [6, 6.07) is 16.5. The van der Waals surface area contributed by atoms with E-state index in [-0.39, 0.29) is 11.8 Å². The van der Waals surface area contributed by atoms with Gasteiger partial charge in [0, 0.05) is 37.4 Å². The number of carbonyl (C=O) groups is 2. The lowest BCUT2D eigenvalue weighted by Gasteiger charge is -2.36. The minimum Gasteiger partial charge on any atom is -0.497 e. The molecule has 1 aliphatic rings. The summed E-state index contributed by atoms with van der Waals surface area (Å²) in [6.07, 6.45) is 0. The molecule has 1 aliphatic heterocycles. The average Bonchev–Trinajstić information content (AvgIpc) is 3.35. The average molecular weight is 456 g/mol. The van der Waals surface area contributed by atoms with Crippen molar-refractivity contribution in [3.8, 4) is 5.75 Å². The Bertz CT molecular complexity index is 1060. The molecule has 160 valence electrons. The van der Waals surface area contributed by atoms with E-state index < -0.39 is 0 Å². The van der Waals surface area contributed by atoms with Crippen LogP contribution in [0, 0.1) is 0 Å². The van der Waals surface area contributed by atoms with Crippen LogP contribution in [0.1, 0.15) is 20.0 Å². The number of methoxy groups -OCH3 is 1. The highest BCUT2D eigenvalue weighted by Crippen LogP contribution is 2.26. The summed E-state index contributed by atoms with van der Waals surface area (Å²) >= 11 is 7.60. The Morgan fingerprint density at radius 2 is 1.77 bits per heavy atom. The van der Waals surface area contributed by atoms with Crippen molar-refractivity contribution < 1.29 is 14.3 Å². The van der Waals surface area contributed by atoms with Gasteiger partial charge in [0.1, 0.15) is 5.75 Å². The number of hydrogen-bond acceptors (Lipinski definition) is 5. The highest BCUT2D eigenvalue weighted by atomic mass is 35.5. The molecule has 1 saturated heterocycles. The second-order valence-electron chi connectivity index (χ2n) is 7.10. The smallest absolute Gasteiger partial charge is 0.265 e. The summed E-state index contributed by atoms with van der Waals surface area (Å²) in [5.41, 5.74) is 2.05. The summed E-state index contributed by atoms with van der Waals surface area (Å²) in [5, 5.41) is 5.03. The first-order valence-electron chi connectivity index (χ1n) is 9.88. The van der Waals surface area contributed by atoms with Crippen molar-refractivity contribution in [1.29, 1.82) is 0 Å². The highest BCUT2D eigenvalue weighted by Gasteiger charge is 2.23. The number of hydrogen-bond donors (Lipinski definition) is 1. The predicted octanol–water partition coefficient (Wildman–Crippen LogP) is 4.62. The third kappa shape index (κ3) is 4.84. The molecule has 31 heavy (non-hydrogen) atoms. The van der Waals surface area contributed by atoms with Crippen molar-refractivity contribution in [2.24, 2.45) is 0 Å². The molecule has 6 nitrogen and oxygen atoms in total. The Kier molecular flexibility index (Phi) is 6.44. The SMILES string of the molecule is COc1ccc(N2CCN(C(=O)c3ccc(Cl)c(NC(=O)c4cccs4)c3)CC2)cc1. The van der Waals surface area contributed by atoms with Crippen molar-refractivity contribution >= 4 is 46.1 Å². The fraction of sp³-hybridized carbons (Fsp3) is 0.217. The maximum Gasteiger partial charge on any atom is 0.265 e. The second kappa shape index (κ2) is 9.41. The molecule has 4 rings (SSSR count). The van der Waals surface area contributed by atoms with Gasteiger partial charge in [0.05, 0.1) is 22.7 Å². The van der Waals surface area contributed by atoms with E-state index in [1.807, 2.05) is 40.6 Å². The van der Waals surface area contributed by atoms with Gasteiger partial charge in [-0.05, 0) is 53.9 Å². The number of nitrogens with one attached hydrogen (secondary N) is 1. The molecule has 0 bridgehead atoms. The minimum atomic E-state index is -0.241. The van der Waals surface area contributed by atoms with E-state index in [0.29, 0.717) is 34.2 Å². The molecule has 2 amide bonds. The molecule has 2 heterocycles. The Morgan fingerprint density at radius 3 is 2.42 bits per heavy atom. The number of amides is 2. The number of halogens is 1. The zero-order valence-corrected chi connectivity index (χ0v) is 18.6. The van der Waals surface area contributed by atoms with Gasteiger partial charge in [0.2, 0.25) is 0 Å². The normalized spacial score (nSPS) is 13.7. The van der Waals surface area contributed by atoms with Crippen LogP contribution < -0.4 is 15.0 Å². The summed E-state index contributed by atoms with van der Waals surface area (Å²) in [7, 11) is 1.65. The summed E-state index contributed by atoms with van der Waals surface area (Å²) in [6.45, 7) is 2.72. The van der Waals surface area contributed by atoms with Crippen molar-refractivity contribution in [3.05, 3.63) is 75.4 Å². The number of ether oxygens (including phenoxy) is 1. The first-order valence-corrected chi connectivity index (χ1v) is 11.1. The van der Waals surface area contributed by atoms with Crippen molar-refractivity contribution in [2.45, 2.75) is 0 Å². The zero-order chi connectivity index (χ0) is 21.8. The maximum atomic E-state index is 13.0. The fourth-order valence-electron chi connectivity index (χ4n) is 3.49. The van der Waals surface area contributed by atoms with Gasteiger partial charge in [-0.15, -0.1) is 11.3 Å². The number of anilines is 2. The van der Waals surface area contributed by atoms with Crippen molar-refractivity contribution in [2.75, 3.05) is 43.5 Å². The monoisotopic (exact) mass is 455 g/mol. The molecular formula is C23H22ClN3O3S. The van der Waals surface area contributed by atoms with Crippen LogP contribution >= 0.6 is 22.9 Å². The fourth-order valence-corrected chi connectivity index (χ4v) is 4.27. The van der Waals surface area contributed by atoms with Crippen LogP contribution in [-0.4, -0.2) is 50.0 Å². The number of carbonyl (C=O) groups excluding carboxylic acids is 2. The summed E-state index contributed by atoms with van der Waals surface area (Å²) < 4.78 is 5.21. The molecule has 3 aromatic rings. The van der Waals surface area contributed by atoms with E-state index in [0.717, 1.165) is 24.5 Å². The van der Waals surface area contributed by atoms with E-state index in [2.05, 4.69) is 10.2 Å². The van der Waals surface area contributed by atoms with Gasteiger partial charge in [0.15, 0.2) is 0 Å². The largest absolute Gasteiger partial charge is 0.497 e. The summed E-state index contributed by atoms with van der Waals surface area (Å²) in [4.78, 5) is 30.1. The van der Waals surface area contributed by atoms with Crippen LogP contribution in [0.5, 0.6) is 5.75 Å². The number of piperazine rings is 1. The second-order valence-corrected chi connectivity index (χ2v) is 8.46. The lowest BCUT2D eigenvalue weighted by Crippen LogP contribution is -2.48. The molecule has 0 unspecified atom stereocenters. The highest BCUT2D eigenvalue weighted by molar-refractivity contribution is 7.12. The third-order valence-electron chi connectivity index (χ3n) is 5.21. The zero-order valence-electron chi connectivity index (χ0n) is 17.0. The molecule has 1 aromatic heterocycles. The molecule has 1 N–H and O–H groups in total. The Labute approximate surface area is 190 Å². The van der Waals surface area contributed by atoms with Crippen molar-refractivity contribution in [1.82, 2.24) is 4.90 Å². The van der Waals surface area contributed by atoms with E-state index in [9.17, 15) is 9.59 Å². The molecule has 8 heteroatoms. The van der Waals surface area contributed by atoms with Gasteiger partial charge in [-0.2, -0.15) is 0 Å². The molecule has 1 fully saturated rings. The molecule has 2 aromatic carbocycles.